The fourth-order valence-electron chi connectivity index (χ4n) is 2.21. The van der Waals surface area contributed by atoms with Gasteiger partial charge in [-0.2, -0.15) is 0 Å². The number of nitrogens with two attached hydrogens (primary N) is 2. The van der Waals surface area contributed by atoms with Crippen LogP contribution in [0.3, 0.4) is 0 Å². The van der Waals surface area contributed by atoms with Crippen molar-refractivity contribution in [2.75, 3.05) is 39.1 Å². The lowest BCUT2D eigenvalue weighted by Gasteiger charge is -2.18. The summed E-state index contributed by atoms with van der Waals surface area (Å²) in [4.78, 5) is 13.2. The van der Waals surface area contributed by atoms with Crippen LogP contribution in [0.2, 0.25) is 0 Å². The Balaban J connectivity index is 0.00000254. The maximum atomic E-state index is 11.3. The molecule has 0 unspecified atom stereocenters. The standard InChI is InChI=1S/C17H26N4O.CH4O/c1-4-14(17(19)22)12-21(3)11-13(2)15-7-5-6-8-16(15)20-10-9-18;1-2/h4-8,11,20H,9-10,12,18H2,1-3H3,(H2,19,22);2H,1H3/b13-11+,14-4+;. The number of hydrogen-bond donors (Lipinski definition) is 4. The summed E-state index contributed by atoms with van der Waals surface area (Å²) < 4.78 is 0. The van der Waals surface area contributed by atoms with E-state index in [4.69, 9.17) is 16.6 Å². The second-order valence-corrected chi connectivity index (χ2v) is 5.17. The second-order valence-electron chi connectivity index (χ2n) is 5.17. The maximum Gasteiger partial charge on any atom is 0.246 e. The zero-order valence-corrected chi connectivity index (χ0v) is 15.0. The molecule has 24 heavy (non-hydrogen) atoms. The Labute approximate surface area is 144 Å². The second kappa shape index (κ2) is 12.2. The number of primary amides is 1. The van der Waals surface area contributed by atoms with E-state index < -0.39 is 0 Å². The molecule has 0 radical (unpaired) electrons. The molecule has 1 rings (SSSR count). The van der Waals surface area contributed by atoms with Crippen molar-refractivity contribution in [2.45, 2.75) is 13.8 Å². The largest absolute Gasteiger partial charge is 0.400 e. The molecule has 134 valence electrons. The zero-order chi connectivity index (χ0) is 18.5. The number of nitrogens with one attached hydrogen (secondary N) is 1. The maximum absolute atomic E-state index is 11.3. The van der Waals surface area contributed by atoms with Crippen LogP contribution in [0.4, 0.5) is 5.69 Å². The van der Waals surface area contributed by atoms with Gasteiger partial charge in [-0.15, -0.1) is 0 Å². The Kier molecular flexibility index (Phi) is 11.0. The number of rotatable bonds is 8. The van der Waals surface area contributed by atoms with E-state index in [9.17, 15) is 4.79 Å². The highest BCUT2D eigenvalue weighted by molar-refractivity contribution is 5.92. The molecule has 1 amide bonds. The molecule has 1 aromatic rings. The minimum atomic E-state index is -0.384. The summed E-state index contributed by atoms with van der Waals surface area (Å²) in [6.45, 7) is 5.65. The molecule has 0 aliphatic rings. The van der Waals surface area contributed by atoms with Gasteiger partial charge in [-0.25, -0.2) is 0 Å². The molecule has 0 bridgehead atoms. The minimum absolute atomic E-state index is 0.384. The molecule has 1 aromatic carbocycles. The number of hydrogen-bond acceptors (Lipinski definition) is 5. The zero-order valence-electron chi connectivity index (χ0n) is 15.0. The van der Waals surface area contributed by atoms with Gasteiger partial charge in [0.05, 0.1) is 0 Å². The van der Waals surface area contributed by atoms with E-state index >= 15 is 0 Å². The number of nitrogens with zero attached hydrogens (tertiary/aromatic N) is 1. The van der Waals surface area contributed by atoms with E-state index in [-0.39, 0.29) is 5.91 Å². The Bertz CT molecular complexity index is 568. The summed E-state index contributed by atoms with van der Waals surface area (Å²) in [6, 6.07) is 8.08. The van der Waals surface area contributed by atoms with Crippen LogP contribution in [0.15, 0.2) is 42.1 Å². The number of para-hydroxylation sites is 1. The van der Waals surface area contributed by atoms with E-state index in [1.165, 1.54) is 0 Å². The highest BCUT2D eigenvalue weighted by Gasteiger charge is 2.07. The van der Waals surface area contributed by atoms with Crippen LogP contribution in [0.1, 0.15) is 19.4 Å². The first-order chi connectivity index (χ1) is 11.5. The number of aliphatic hydroxyl groups excluding tert-OH is 1. The number of likely N-dealkylation sites (N-methyl/N-ethyl adjacent to an activating group) is 1. The van der Waals surface area contributed by atoms with Crippen molar-refractivity contribution in [3.63, 3.8) is 0 Å². The molecule has 0 atom stereocenters. The summed E-state index contributed by atoms with van der Waals surface area (Å²) in [7, 11) is 2.92. The number of carbonyl (C=O) groups excluding carboxylic acids is 1. The molecule has 0 spiro atoms. The Morgan fingerprint density at radius 3 is 2.50 bits per heavy atom. The highest BCUT2D eigenvalue weighted by atomic mass is 16.2. The van der Waals surface area contributed by atoms with Gasteiger partial charge in [-0.05, 0) is 25.5 Å². The van der Waals surface area contributed by atoms with Crippen molar-refractivity contribution in [1.29, 1.82) is 0 Å². The van der Waals surface area contributed by atoms with Crippen LogP contribution >= 0.6 is 0 Å². The molecule has 0 aliphatic carbocycles. The third-order valence-corrected chi connectivity index (χ3v) is 3.31. The SMILES string of the molecule is C/C=C(\CN(C)/C=C(\C)c1ccccc1NCCN)C(N)=O.CO. The number of aliphatic hydroxyl groups is 1. The molecule has 6 heteroatoms. The van der Waals surface area contributed by atoms with Crippen LogP contribution < -0.4 is 16.8 Å². The average molecular weight is 334 g/mol. The number of carbonyl (C=O) groups is 1. The first kappa shape index (κ1) is 21.7. The number of anilines is 1. The van der Waals surface area contributed by atoms with Gasteiger partial charge < -0.3 is 26.8 Å². The van der Waals surface area contributed by atoms with Crippen LogP contribution in [-0.2, 0) is 4.79 Å². The topological polar surface area (TPSA) is 105 Å². The van der Waals surface area contributed by atoms with Crippen molar-refractivity contribution in [1.82, 2.24) is 4.90 Å². The third kappa shape index (κ3) is 7.30. The summed E-state index contributed by atoms with van der Waals surface area (Å²) in [6.07, 6.45) is 3.76. The lowest BCUT2D eigenvalue weighted by Crippen LogP contribution is -2.24. The molecule has 0 heterocycles. The predicted octanol–water partition coefficient (Wildman–Crippen LogP) is 1.39. The first-order valence-corrected chi connectivity index (χ1v) is 7.81. The first-order valence-electron chi connectivity index (χ1n) is 7.81. The lowest BCUT2D eigenvalue weighted by molar-refractivity contribution is -0.114. The highest BCUT2D eigenvalue weighted by Crippen LogP contribution is 2.23. The molecular formula is C18H30N4O2. The van der Waals surface area contributed by atoms with Gasteiger partial charge in [0.25, 0.3) is 0 Å². The molecule has 6 N–H and O–H groups in total. The summed E-state index contributed by atoms with van der Waals surface area (Å²) in [5.74, 6) is -0.384. The van der Waals surface area contributed by atoms with E-state index in [1.807, 2.05) is 50.2 Å². The van der Waals surface area contributed by atoms with Gasteiger partial charge in [0.1, 0.15) is 0 Å². The number of amides is 1. The average Bonchev–Trinajstić information content (AvgIpc) is 2.59. The summed E-state index contributed by atoms with van der Waals surface area (Å²) >= 11 is 0. The van der Waals surface area contributed by atoms with E-state index in [0.717, 1.165) is 30.5 Å². The van der Waals surface area contributed by atoms with E-state index in [1.54, 1.807) is 6.08 Å². The third-order valence-electron chi connectivity index (χ3n) is 3.31. The molecular weight excluding hydrogens is 304 g/mol. The lowest BCUT2D eigenvalue weighted by atomic mass is 10.1. The Morgan fingerprint density at radius 1 is 1.33 bits per heavy atom. The van der Waals surface area contributed by atoms with Crippen molar-refractivity contribution in [3.8, 4) is 0 Å². The fourth-order valence-corrected chi connectivity index (χ4v) is 2.21. The molecule has 0 saturated heterocycles. The summed E-state index contributed by atoms with van der Waals surface area (Å²) in [5, 5.41) is 10.3. The summed E-state index contributed by atoms with van der Waals surface area (Å²) in [5.41, 5.74) is 14.8. The van der Waals surface area contributed by atoms with E-state index in [2.05, 4.69) is 11.4 Å². The van der Waals surface area contributed by atoms with E-state index in [0.29, 0.717) is 18.7 Å². The quantitative estimate of drug-likeness (QED) is 0.538. The van der Waals surface area contributed by atoms with Crippen LogP contribution in [0, 0.1) is 0 Å². The molecule has 0 fully saturated rings. The monoisotopic (exact) mass is 334 g/mol. The Hall–Kier alpha value is -2.31. The van der Waals surface area contributed by atoms with Gasteiger partial charge in [-0.3, -0.25) is 4.79 Å². The van der Waals surface area contributed by atoms with Crippen molar-refractivity contribution >= 4 is 17.2 Å². The normalized spacial score (nSPS) is 11.4. The van der Waals surface area contributed by atoms with Gasteiger partial charge in [0.2, 0.25) is 5.91 Å². The Morgan fingerprint density at radius 2 is 1.96 bits per heavy atom. The molecule has 0 saturated carbocycles. The predicted molar refractivity (Wildman–Crippen MR) is 101 cm³/mol. The van der Waals surface area contributed by atoms with Crippen molar-refractivity contribution < 1.29 is 9.90 Å². The smallest absolute Gasteiger partial charge is 0.246 e. The molecule has 0 aromatic heterocycles. The van der Waals surface area contributed by atoms with Crippen LogP contribution in [0.5, 0.6) is 0 Å². The molecule has 0 aliphatic heterocycles. The van der Waals surface area contributed by atoms with Gasteiger partial charge >= 0.3 is 0 Å². The van der Waals surface area contributed by atoms with Crippen LogP contribution in [0.25, 0.3) is 5.57 Å². The van der Waals surface area contributed by atoms with Gasteiger partial charge in [0.15, 0.2) is 0 Å². The van der Waals surface area contributed by atoms with Crippen LogP contribution in [-0.4, -0.2) is 49.7 Å². The molecule has 6 nitrogen and oxygen atoms in total. The van der Waals surface area contributed by atoms with Crippen molar-refractivity contribution in [2.24, 2.45) is 11.5 Å². The van der Waals surface area contributed by atoms with Gasteiger partial charge in [0, 0.05) is 56.8 Å². The van der Waals surface area contributed by atoms with Gasteiger partial charge in [-0.1, -0.05) is 24.3 Å². The minimum Gasteiger partial charge on any atom is -0.400 e. The number of allylic oxidation sites excluding steroid dienone is 2. The number of benzene rings is 1. The van der Waals surface area contributed by atoms with Crippen molar-refractivity contribution in [3.05, 3.63) is 47.7 Å². The fraction of sp³-hybridized carbons (Fsp3) is 0.389.